The van der Waals surface area contributed by atoms with Crippen molar-refractivity contribution in [2.75, 3.05) is 18.4 Å². The van der Waals surface area contributed by atoms with Crippen LogP contribution in [0.25, 0.3) is 11.3 Å². The number of nitrogens with one attached hydrogen (secondary N) is 1. The summed E-state index contributed by atoms with van der Waals surface area (Å²) in [5, 5.41) is 11.3. The number of carbonyl (C=O) groups is 2. The van der Waals surface area contributed by atoms with Crippen molar-refractivity contribution >= 4 is 17.5 Å². The van der Waals surface area contributed by atoms with Crippen LogP contribution < -0.4 is 5.32 Å². The van der Waals surface area contributed by atoms with E-state index in [4.69, 9.17) is 4.42 Å². The molecule has 1 N–H and O–H groups in total. The number of hydrogen-bond donors (Lipinski definition) is 1. The highest BCUT2D eigenvalue weighted by molar-refractivity contribution is 5.91. The standard InChI is InChI=1S/C20H21N5O3/c1-14(26)21-16-8-6-15(7-9-16)18-13-25(23-22-18)17-4-2-10-24(12-17)20(27)19-5-3-11-28-19/h3,5-9,11,13,17H,2,4,10,12H2,1H3,(H,21,26)/t17-/m0/s1. The molecule has 8 heteroatoms. The number of carbonyl (C=O) groups excluding carboxylic acids is 2. The van der Waals surface area contributed by atoms with Crippen molar-refractivity contribution in [3.05, 3.63) is 54.6 Å². The number of likely N-dealkylation sites (tertiary alicyclic amines) is 1. The summed E-state index contributed by atoms with van der Waals surface area (Å²) in [5.74, 6) is 0.160. The molecule has 1 atom stereocenters. The van der Waals surface area contributed by atoms with E-state index in [1.807, 2.05) is 35.1 Å². The van der Waals surface area contributed by atoms with Crippen molar-refractivity contribution in [3.8, 4) is 11.3 Å². The van der Waals surface area contributed by atoms with E-state index in [1.54, 1.807) is 17.0 Å². The van der Waals surface area contributed by atoms with Crippen LogP contribution >= 0.6 is 0 Å². The Labute approximate surface area is 162 Å². The zero-order valence-electron chi connectivity index (χ0n) is 15.5. The second kappa shape index (κ2) is 7.67. The maximum absolute atomic E-state index is 12.5. The van der Waals surface area contributed by atoms with Crippen molar-refractivity contribution in [1.29, 1.82) is 0 Å². The fraction of sp³-hybridized carbons (Fsp3) is 0.300. The van der Waals surface area contributed by atoms with E-state index in [0.717, 1.165) is 29.8 Å². The zero-order chi connectivity index (χ0) is 19.5. The van der Waals surface area contributed by atoms with Gasteiger partial charge in [-0.1, -0.05) is 17.3 Å². The predicted molar refractivity (Wildman–Crippen MR) is 103 cm³/mol. The lowest BCUT2D eigenvalue weighted by Gasteiger charge is -2.32. The molecule has 3 heterocycles. The summed E-state index contributed by atoms with van der Waals surface area (Å²) in [6.45, 7) is 2.76. The van der Waals surface area contributed by atoms with Crippen LogP contribution in [0.1, 0.15) is 36.4 Å². The van der Waals surface area contributed by atoms with E-state index >= 15 is 0 Å². The molecule has 28 heavy (non-hydrogen) atoms. The minimum atomic E-state index is -0.107. The highest BCUT2D eigenvalue weighted by Gasteiger charge is 2.27. The Morgan fingerprint density at radius 3 is 2.75 bits per heavy atom. The normalized spacial score (nSPS) is 16.8. The first-order valence-electron chi connectivity index (χ1n) is 9.23. The number of nitrogens with zero attached hydrogens (tertiary/aromatic N) is 4. The monoisotopic (exact) mass is 379 g/mol. The van der Waals surface area contributed by atoms with Crippen molar-refractivity contribution in [2.24, 2.45) is 0 Å². The zero-order valence-corrected chi connectivity index (χ0v) is 15.5. The SMILES string of the molecule is CC(=O)Nc1ccc(-c2cn([C@H]3CCCN(C(=O)c4ccco4)C3)nn2)cc1. The molecule has 4 rings (SSSR count). The van der Waals surface area contributed by atoms with E-state index in [-0.39, 0.29) is 17.9 Å². The second-order valence-corrected chi connectivity index (χ2v) is 6.87. The van der Waals surface area contributed by atoms with E-state index < -0.39 is 0 Å². The molecule has 0 aliphatic carbocycles. The first-order chi connectivity index (χ1) is 13.6. The van der Waals surface area contributed by atoms with E-state index in [2.05, 4.69) is 15.6 Å². The van der Waals surface area contributed by atoms with Crippen LogP contribution in [0.5, 0.6) is 0 Å². The molecular formula is C20H21N5O3. The summed E-state index contributed by atoms with van der Waals surface area (Å²) in [6.07, 6.45) is 5.25. The van der Waals surface area contributed by atoms with Gasteiger partial charge < -0.3 is 14.6 Å². The van der Waals surface area contributed by atoms with E-state index in [1.165, 1.54) is 13.2 Å². The number of hydrogen-bond acceptors (Lipinski definition) is 5. The minimum Gasteiger partial charge on any atom is -0.459 e. The summed E-state index contributed by atoms with van der Waals surface area (Å²) < 4.78 is 7.06. The lowest BCUT2D eigenvalue weighted by molar-refractivity contribution is -0.114. The summed E-state index contributed by atoms with van der Waals surface area (Å²) in [5.41, 5.74) is 2.41. The first-order valence-corrected chi connectivity index (χ1v) is 9.23. The molecule has 0 unspecified atom stereocenters. The third kappa shape index (κ3) is 3.80. The van der Waals surface area contributed by atoms with Crippen LogP contribution in [0.15, 0.2) is 53.3 Å². The van der Waals surface area contributed by atoms with Gasteiger partial charge in [-0.2, -0.15) is 0 Å². The van der Waals surface area contributed by atoms with Crippen LogP contribution in [0.4, 0.5) is 5.69 Å². The van der Waals surface area contributed by atoms with Gasteiger partial charge in [-0.05, 0) is 37.1 Å². The molecule has 0 bridgehead atoms. The summed E-state index contributed by atoms with van der Waals surface area (Å²) in [7, 11) is 0. The van der Waals surface area contributed by atoms with Crippen molar-refractivity contribution in [1.82, 2.24) is 19.9 Å². The van der Waals surface area contributed by atoms with Gasteiger partial charge in [-0.25, -0.2) is 4.68 Å². The van der Waals surface area contributed by atoms with Gasteiger partial charge in [0.25, 0.3) is 5.91 Å². The molecular weight excluding hydrogens is 358 g/mol. The third-order valence-electron chi connectivity index (χ3n) is 4.80. The number of rotatable bonds is 4. The number of piperidine rings is 1. The molecule has 0 saturated carbocycles. The van der Waals surface area contributed by atoms with Crippen LogP contribution in [0, 0.1) is 0 Å². The van der Waals surface area contributed by atoms with Gasteiger partial charge in [0.1, 0.15) is 5.69 Å². The predicted octanol–water partition coefficient (Wildman–Crippen LogP) is 2.97. The van der Waals surface area contributed by atoms with Crippen LogP contribution in [-0.2, 0) is 4.79 Å². The summed E-state index contributed by atoms with van der Waals surface area (Å²) >= 11 is 0. The Hall–Kier alpha value is -3.42. The largest absolute Gasteiger partial charge is 0.459 e. The average Bonchev–Trinajstić information content (AvgIpc) is 3.40. The molecule has 1 fully saturated rings. The molecule has 2 amide bonds. The third-order valence-corrected chi connectivity index (χ3v) is 4.80. The smallest absolute Gasteiger partial charge is 0.289 e. The number of amides is 2. The van der Waals surface area contributed by atoms with Crippen molar-refractivity contribution < 1.29 is 14.0 Å². The molecule has 3 aromatic rings. The van der Waals surface area contributed by atoms with Crippen molar-refractivity contribution in [3.63, 3.8) is 0 Å². The van der Waals surface area contributed by atoms with E-state index in [0.29, 0.717) is 18.8 Å². The van der Waals surface area contributed by atoms with Crippen molar-refractivity contribution in [2.45, 2.75) is 25.8 Å². The summed E-state index contributed by atoms with van der Waals surface area (Å²) in [4.78, 5) is 25.5. The molecule has 0 spiro atoms. The maximum atomic E-state index is 12.5. The Kier molecular flexibility index (Phi) is 4.92. The Bertz CT molecular complexity index is 962. The Morgan fingerprint density at radius 1 is 1.21 bits per heavy atom. The van der Waals surface area contributed by atoms with Gasteiger partial charge in [0.2, 0.25) is 5.91 Å². The number of aromatic nitrogens is 3. The number of anilines is 1. The minimum absolute atomic E-state index is 0.0764. The second-order valence-electron chi connectivity index (χ2n) is 6.87. The molecule has 1 saturated heterocycles. The Morgan fingerprint density at radius 2 is 2.04 bits per heavy atom. The number of benzene rings is 1. The molecule has 144 valence electrons. The average molecular weight is 379 g/mol. The van der Waals surface area contributed by atoms with Gasteiger partial charge in [0.15, 0.2) is 5.76 Å². The van der Waals surface area contributed by atoms with Gasteiger partial charge in [-0.3, -0.25) is 9.59 Å². The number of furan rings is 1. The van der Waals surface area contributed by atoms with Crippen LogP contribution in [0.3, 0.4) is 0 Å². The fourth-order valence-electron chi connectivity index (χ4n) is 3.43. The molecule has 1 aliphatic rings. The molecule has 1 aliphatic heterocycles. The molecule has 8 nitrogen and oxygen atoms in total. The van der Waals surface area contributed by atoms with Gasteiger partial charge in [-0.15, -0.1) is 5.10 Å². The lowest BCUT2D eigenvalue weighted by Crippen LogP contribution is -2.40. The van der Waals surface area contributed by atoms with Gasteiger partial charge >= 0.3 is 0 Å². The Balaban J connectivity index is 1.46. The fourth-order valence-corrected chi connectivity index (χ4v) is 3.43. The molecule has 2 aromatic heterocycles. The quantitative estimate of drug-likeness (QED) is 0.752. The van der Waals surface area contributed by atoms with Crippen LogP contribution in [-0.4, -0.2) is 44.8 Å². The summed E-state index contributed by atoms with van der Waals surface area (Å²) in [6, 6.07) is 10.9. The highest BCUT2D eigenvalue weighted by atomic mass is 16.3. The lowest BCUT2D eigenvalue weighted by atomic mass is 10.1. The topological polar surface area (TPSA) is 93.3 Å². The maximum Gasteiger partial charge on any atom is 0.289 e. The van der Waals surface area contributed by atoms with Gasteiger partial charge in [0.05, 0.1) is 18.5 Å². The first kappa shape index (κ1) is 18.0. The molecule has 1 aromatic carbocycles. The van der Waals surface area contributed by atoms with E-state index in [9.17, 15) is 9.59 Å². The van der Waals surface area contributed by atoms with Gasteiger partial charge in [0, 0.05) is 31.3 Å². The molecule has 0 radical (unpaired) electrons. The highest BCUT2D eigenvalue weighted by Crippen LogP contribution is 2.25. The van der Waals surface area contributed by atoms with Crippen LogP contribution in [0.2, 0.25) is 0 Å².